The van der Waals surface area contributed by atoms with Gasteiger partial charge >= 0.3 is 0 Å². The molecule has 2 unspecified atom stereocenters. The molecule has 20 heavy (non-hydrogen) atoms. The first-order valence-corrected chi connectivity index (χ1v) is 7.93. The molecule has 2 rings (SSSR count). The summed E-state index contributed by atoms with van der Waals surface area (Å²) in [6, 6.07) is 7.25. The number of aryl methyl sites for hydroxylation is 1. The number of hydrogen-bond donors (Lipinski definition) is 1. The Hall–Kier alpha value is -1.02. The Morgan fingerprint density at radius 2 is 2.05 bits per heavy atom. The topological polar surface area (TPSA) is 21.3 Å². The van der Waals surface area contributed by atoms with Crippen LogP contribution < -0.4 is 10.1 Å². The highest BCUT2D eigenvalue weighted by Gasteiger charge is 2.24. The molecule has 0 saturated carbocycles. The zero-order valence-electron chi connectivity index (χ0n) is 13.6. The van der Waals surface area contributed by atoms with Gasteiger partial charge in [0.05, 0.1) is 0 Å². The van der Waals surface area contributed by atoms with Crippen molar-refractivity contribution in [3.8, 4) is 5.75 Å². The lowest BCUT2D eigenvalue weighted by Crippen LogP contribution is -2.40. The quantitative estimate of drug-likeness (QED) is 0.898. The van der Waals surface area contributed by atoms with Crippen LogP contribution >= 0.6 is 0 Å². The van der Waals surface area contributed by atoms with E-state index in [0.717, 1.165) is 31.6 Å². The minimum atomic E-state index is 0.124. The number of piperidine rings is 1. The molecule has 1 fully saturated rings. The fourth-order valence-corrected chi connectivity index (χ4v) is 2.86. The fourth-order valence-electron chi connectivity index (χ4n) is 2.86. The third-order valence-electron chi connectivity index (χ3n) is 4.13. The first-order valence-electron chi connectivity index (χ1n) is 7.93. The SMILES string of the molecule is CCc1ccc(OC2CCNC(C)C2)c(C(C)(C)C)c1. The molecule has 0 spiro atoms. The van der Waals surface area contributed by atoms with E-state index in [1.165, 1.54) is 11.1 Å². The Bertz CT molecular complexity index is 447. The van der Waals surface area contributed by atoms with Crippen molar-refractivity contribution in [2.75, 3.05) is 6.54 Å². The van der Waals surface area contributed by atoms with Crippen molar-refractivity contribution in [1.29, 1.82) is 0 Å². The first-order chi connectivity index (χ1) is 9.40. The van der Waals surface area contributed by atoms with Crippen LogP contribution in [0, 0.1) is 0 Å². The second-order valence-corrected chi connectivity index (χ2v) is 7.05. The highest BCUT2D eigenvalue weighted by atomic mass is 16.5. The summed E-state index contributed by atoms with van der Waals surface area (Å²) in [5.41, 5.74) is 2.85. The van der Waals surface area contributed by atoms with E-state index in [1.54, 1.807) is 0 Å². The second-order valence-electron chi connectivity index (χ2n) is 7.05. The molecule has 1 N–H and O–H groups in total. The van der Waals surface area contributed by atoms with Crippen molar-refractivity contribution in [2.45, 2.75) is 71.4 Å². The molecular formula is C18H29NO. The molecule has 2 atom stereocenters. The van der Waals surface area contributed by atoms with Gasteiger partial charge in [-0.3, -0.25) is 0 Å². The molecule has 0 amide bonds. The molecule has 1 aromatic carbocycles. The smallest absolute Gasteiger partial charge is 0.123 e. The van der Waals surface area contributed by atoms with Gasteiger partial charge in [0.15, 0.2) is 0 Å². The van der Waals surface area contributed by atoms with Gasteiger partial charge in [-0.2, -0.15) is 0 Å². The summed E-state index contributed by atoms with van der Waals surface area (Å²) in [6.07, 6.45) is 3.62. The second kappa shape index (κ2) is 6.17. The Labute approximate surface area is 123 Å². The number of benzene rings is 1. The van der Waals surface area contributed by atoms with E-state index >= 15 is 0 Å². The fraction of sp³-hybridized carbons (Fsp3) is 0.667. The van der Waals surface area contributed by atoms with E-state index in [9.17, 15) is 0 Å². The maximum Gasteiger partial charge on any atom is 0.123 e. The molecule has 0 radical (unpaired) electrons. The van der Waals surface area contributed by atoms with Crippen LogP contribution in [0.4, 0.5) is 0 Å². The normalized spacial score (nSPS) is 23.6. The summed E-state index contributed by atoms with van der Waals surface area (Å²) in [6.45, 7) is 12.3. The molecule has 1 aliphatic rings. The molecule has 0 aromatic heterocycles. The molecule has 2 heteroatoms. The molecule has 1 saturated heterocycles. The van der Waals surface area contributed by atoms with Crippen molar-refractivity contribution in [2.24, 2.45) is 0 Å². The summed E-state index contributed by atoms with van der Waals surface area (Å²) in [5.74, 6) is 1.08. The lowest BCUT2D eigenvalue weighted by molar-refractivity contribution is 0.141. The first kappa shape index (κ1) is 15.4. The standard InChI is InChI=1S/C18H29NO/c1-6-14-7-8-17(16(12-14)18(3,4)5)20-15-9-10-19-13(2)11-15/h7-8,12-13,15,19H,6,9-11H2,1-5H3. The molecule has 0 bridgehead atoms. The molecule has 1 heterocycles. The summed E-state index contributed by atoms with van der Waals surface area (Å²) in [5, 5.41) is 3.48. The summed E-state index contributed by atoms with van der Waals surface area (Å²) >= 11 is 0. The lowest BCUT2D eigenvalue weighted by Gasteiger charge is -2.31. The molecule has 112 valence electrons. The maximum absolute atomic E-state index is 6.34. The van der Waals surface area contributed by atoms with Crippen LogP contribution in [0.3, 0.4) is 0 Å². The average molecular weight is 275 g/mol. The van der Waals surface area contributed by atoms with Crippen molar-refractivity contribution in [3.63, 3.8) is 0 Å². The third kappa shape index (κ3) is 3.76. The van der Waals surface area contributed by atoms with E-state index in [1.807, 2.05) is 0 Å². The van der Waals surface area contributed by atoms with Crippen molar-refractivity contribution >= 4 is 0 Å². The summed E-state index contributed by atoms with van der Waals surface area (Å²) < 4.78 is 6.34. The monoisotopic (exact) mass is 275 g/mol. The predicted molar refractivity (Wildman–Crippen MR) is 85.6 cm³/mol. The lowest BCUT2D eigenvalue weighted by atomic mass is 9.85. The van der Waals surface area contributed by atoms with Gasteiger partial charge in [-0.05, 0) is 55.3 Å². The highest BCUT2D eigenvalue weighted by Crippen LogP contribution is 2.33. The number of nitrogens with one attached hydrogen (secondary N) is 1. The van der Waals surface area contributed by atoms with Gasteiger partial charge in [0.1, 0.15) is 11.9 Å². The molecule has 1 aromatic rings. The van der Waals surface area contributed by atoms with Crippen LogP contribution in [0.2, 0.25) is 0 Å². The Morgan fingerprint density at radius 1 is 1.30 bits per heavy atom. The van der Waals surface area contributed by atoms with Gasteiger partial charge in [0, 0.05) is 6.04 Å². The Kier molecular flexibility index (Phi) is 4.74. The molecule has 1 aliphatic heterocycles. The van der Waals surface area contributed by atoms with Crippen LogP contribution in [0.15, 0.2) is 18.2 Å². The Balaban J connectivity index is 2.22. The molecule has 0 aliphatic carbocycles. The van der Waals surface area contributed by atoms with Gasteiger partial charge in [-0.25, -0.2) is 0 Å². The van der Waals surface area contributed by atoms with E-state index < -0.39 is 0 Å². The van der Waals surface area contributed by atoms with E-state index in [4.69, 9.17) is 4.74 Å². The highest BCUT2D eigenvalue weighted by molar-refractivity contribution is 5.41. The van der Waals surface area contributed by atoms with E-state index in [-0.39, 0.29) is 5.41 Å². The maximum atomic E-state index is 6.34. The third-order valence-corrected chi connectivity index (χ3v) is 4.13. The zero-order valence-corrected chi connectivity index (χ0v) is 13.6. The number of rotatable bonds is 3. The predicted octanol–water partition coefficient (Wildman–Crippen LogP) is 4.07. The van der Waals surface area contributed by atoms with Gasteiger partial charge in [0.2, 0.25) is 0 Å². The van der Waals surface area contributed by atoms with E-state index in [0.29, 0.717) is 12.1 Å². The van der Waals surface area contributed by atoms with Crippen LogP contribution in [0.1, 0.15) is 58.6 Å². The van der Waals surface area contributed by atoms with Crippen LogP contribution in [0.25, 0.3) is 0 Å². The minimum absolute atomic E-state index is 0.124. The molecule has 2 nitrogen and oxygen atoms in total. The van der Waals surface area contributed by atoms with Crippen LogP contribution in [0.5, 0.6) is 5.75 Å². The van der Waals surface area contributed by atoms with Gasteiger partial charge in [-0.15, -0.1) is 0 Å². The largest absolute Gasteiger partial charge is 0.490 e. The van der Waals surface area contributed by atoms with Crippen LogP contribution in [-0.2, 0) is 11.8 Å². The average Bonchev–Trinajstić information content (AvgIpc) is 2.38. The van der Waals surface area contributed by atoms with Crippen LogP contribution in [-0.4, -0.2) is 18.7 Å². The van der Waals surface area contributed by atoms with Crippen molar-refractivity contribution < 1.29 is 4.74 Å². The number of ether oxygens (including phenoxy) is 1. The van der Waals surface area contributed by atoms with Crippen molar-refractivity contribution in [3.05, 3.63) is 29.3 Å². The van der Waals surface area contributed by atoms with Crippen molar-refractivity contribution in [1.82, 2.24) is 5.32 Å². The van der Waals surface area contributed by atoms with Gasteiger partial charge < -0.3 is 10.1 Å². The molecular weight excluding hydrogens is 246 g/mol. The van der Waals surface area contributed by atoms with Gasteiger partial charge in [0.25, 0.3) is 0 Å². The Morgan fingerprint density at radius 3 is 2.65 bits per heavy atom. The number of hydrogen-bond acceptors (Lipinski definition) is 2. The minimum Gasteiger partial charge on any atom is -0.490 e. The van der Waals surface area contributed by atoms with E-state index in [2.05, 4.69) is 58.1 Å². The zero-order chi connectivity index (χ0) is 14.8. The summed E-state index contributed by atoms with van der Waals surface area (Å²) in [7, 11) is 0. The van der Waals surface area contributed by atoms with Gasteiger partial charge in [-0.1, -0.05) is 39.8 Å². The summed E-state index contributed by atoms with van der Waals surface area (Å²) in [4.78, 5) is 0.